The highest BCUT2D eigenvalue weighted by atomic mass is 32.3. The van der Waals surface area contributed by atoms with Gasteiger partial charge in [0.2, 0.25) is 0 Å². The molecule has 5 heteroatoms. The monoisotopic (exact) mass is 350 g/mol. The molecule has 0 aliphatic rings. The van der Waals surface area contributed by atoms with Gasteiger partial charge in [-0.05, 0) is 22.9 Å². The average molecular weight is 350 g/mol. The van der Waals surface area contributed by atoms with Gasteiger partial charge in [-0.3, -0.25) is 0 Å². The van der Waals surface area contributed by atoms with Gasteiger partial charge in [-0.1, -0.05) is 72.8 Å². The van der Waals surface area contributed by atoms with Gasteiger partial charge in [0, 0.05) is 10.8 Å². The molecule has 0 fully saturated rings. The van der Waals surface area contributed by atoms with Crippen LogP contribution < -0.4 is 8.37 Å². The summed E-state index contributed by atoms with van der Waals surface area (Å²) in [6.45, 7) is 0. The van der Waals surface area contributed by atoms with E-state index in [1.54, 1.807) is 36.4 Å². The van der Waals surface area contributed by atoms with Gasteiger partial charge in [0.05, 0.1) is 0 Å². The van der Waals surface area contributed by atoms with E-state index in [9.17, 15) is 8.42 Å². The molecule has 4 nitrogen and oxygen atoms in total. The lowest BCUT2D eigenvalue weighted by Gasteiger charge is -2.11. The molecule has 0 N–H and O–H groups in total. The molecule has 0 saturated carbocycles. The zero-order valence-corrected chi connectivity index (χ0v) is 13.9. The van der Waals surface area contributed by atoms with Crippen LogP contribution in [0.1, 0.15) is 0 Å². The summed E-state index contributed by atoms with van der Waals surface area (Å²) < 4.78 is 35.3. The maximum Gasteiger partial charge on any atom is 0.501 e. The lowest BCUT2D eigenvalue weighted by atomic mass is 10.1. The van der Waals surface area contributed by atoms with E-state index in [1.807, 2.05) is 48.5 Å². The minimum atomic E-state index is -4.27. The summed E-state index contributed by atoms with van der Waals surface area (Å²) in [6, 6.07) is 25.3. The van der Waals surface area contributed by atoms with Gasteiger partial charge in [-0.25, -0.2) is 0 Å². The highest BCUT2D eigenvalue weighted by Crippen LogP contribution is 2.29. The molecule has 0 aromatic heterocycles. The van der Waals surface area contributed by atoms with E-state index in [0.29, 0.717) is 10.8 Å². The molecule has 4 rings (SSSR count). The Kier molecular flexibility index (Phi) is 3.78. The Morgan fingerprint density at radius 3 is 1.40 bits per heavy atom. The van der Waals surface area contributed by atoms with Crippen LogP contribution in [0.2, 0.25) is 0 Å². The van der Waals surface area contributed by atoms with Crippen molar-refractivity contribution in [2.75, 3.05) is 0 Å². The number of rotatable bonds is 4. The van der Waals surface area contributed by atoms with Crippen molar-refractivity contribution in [2.45, 2.75) is 0 Å². The van der Waals surface area contributed by atoms with Gasteiger partial charge in [-0.15, -0.1) is 8.42 Å². The first kappa shape index (κ1) is 15.5. The van der Waals surface area contributed by atoms with Crippen LogP contribution in [-0.4, -0.2) is 8.42 Å². The zero-order valence-electron chi connectivity index (χ0n) is 13.1. The minimum Gasteiger partial charge on any atom is -0.352 e. The second-order valence-corrected chi connectivity index (χ2v) is 6.68. The van der Waals surface area contributed by atoms with Crippen LogP contribution in [0.25, 0.3) is 21.5 Å². The summed E-state index contributed by atoms with van der Waals surface area (Å²) in [7, 11) is -4.27. The predicted octanol–water partition coefficient (Wildman–Crippen LogP) is 4.70. The molecule has 0 radical (unpaired) electrons. The Labute approximate surface area is 145 Å². The standard InChI is InChI=1S/C20H14O4S/c21-25(22,23-19-13-5-9-15-7-1-3-11-17(15)19)24-20-14-6-10-16-8-2-4-12-18(16)20/h1-14H. The molecule has 0 aliphatic carbocycles. The van der Waals surface area contributed by atoms with Crippen LogP contribution in [0.4, 0.5) is 0 Å². The Morgan fingerprint density at radius 1 is 0.520 bits per heavy atom. The van der Waals surface area contributed by atoms with E-state index in [-0.39, 0.29) is 11.5 Å². The number of fused-ring (bicyclic) bond motifs is 2. The molecular weight excluding hydrogens is 336 g/mol. The Hall–Kier alpha value is -3.05. The molecule has 0 heterocycles. The third kappa shape index (κ3) is 3.14. The van der Waals surface area contributed by atoms with Crippen molar-refractivity contribution in [3.63, 3.8) is 0 Å². The molecule has 124 valence electrons. The molecule has 4 aromatic carbocycles. The predicted molar refractivity (Wildman–Crippen MR) is 98.1 cm³/mol. The number of hydrogen-bond acceptors (Lipinski definition) is 4. The third-order valence-corrected chi connectivity index (χ3v) is 4.65. The van der Waals surface area contributed by atoms with Gasteiger partial charge in [-0.2, -0.15) is 0 Å². The van der Waals surface area contributed by atoms with E-state index in [1.165, 1.54) is 0 Å². The van der Waals surface area contributed by atoms with Crippen molar-refractivity contribution in [1.82, 2.24) is 0 Å². The van der Waals surface area contributed by atoms with Crippen molar-refractivity contribution in [3.05, 3.63) is 84.9 Å². The lowest BCUT2D eigenvalue weighted by molar-refractivity contribution is 0.396. The highest BCUT2D eigenvalue weighted by molar-refractivity contribution is 7.82. The smallest absolute Gasteiger partial charge is 0.352 e. The summed E-state index contributed by atoms with van der Waals surface area (Å²) in [5.41, 5.74) is 0. The van der Waals surface area contributed by atoms with Crippen LogP contribution in [-0.2, 0) is 10.4 Å². The van der Waals surface area contributed by atoms with Crippen LogP contribution in [0.5, 0.6) is 11.5 Å². The Bertz CT molecular complexity index is 1070. The van der Waals surface area contributed by atoms with E-state index < -0.39 is 10.4 Å². The minimum absolute atomic E-state index is 0.235. The van der Waals surface area contributed by atoms with Gasteiger partial charge in [0.1, 0.15) is 0 Å². The molecule has 25 heavy (non-hydrogen) atoms. The SMILES string of the molecule is O=S(=O)(Oc1cccc2ccccc12)Oc1cccc2ccccc12. The van der Waals surface area contributed by atoms with Gasteiger partial charge in [0.15, 0.2) is 11.5 Å². The fraction of sp³-hybridized carbons (Fsp3) is 0. The van der Waals surface area contributed by atoms with Crippen LogP contribution in [0.3, 0.4) is 0 Å². The highest BCUT2D eigenvalue weighted by Gasteiger charge is 2.18. The molecule has 0 spiro atoms. The fourth-order valence-electron chi connectivity index (χ4n) is 2.77. The Balaban J connectivity index is 1.70. The largest absolute Gasteiger partial charge is 0.501 e. The normalized spacial score (nSPS) is 11.5. The maximum atomic E-state index is 12.4. The topological polar surface area (TPSA) is 52.6 Å². The molecule has 0 unspecified atom stereocenters. The fourth-order valence-corrected chi connectivity index (χ4v) is 3.54. The van der Waals surface area contributed by atoms with E-state index >= 15 is 0 Å². The zero-order chi connectivity index (χ0) is 17.3. The maximum absolute atomic E-state index is 12.4. The molecule has 0 aliphatic heterocycles. The van der Waals surface area contributed by atoms with Crippen molar-refractivity contribution in [3.8, 4) is 11.5 Å². The van der Waals surface area contributed by atoms with Crippen LogP contribution in [0, 0.1) is 0 Å². The third-order valence-electron chi connectivity index (χ3n) is 3.88. The second kappa shape index (κ2) is 6.11. The van der Waals surface area contributed by atoms with Crippen LogP contribution >= 0.6 is 0 Å². The summed E-state index contributed by atoms with van der Waals surface area (Å²) in [5.74, 6) is 0.469. The summed E-state index contributed by atoms with van der Waals surface area (Å²) in [4.78, 5) is 0. The lowest BCUT2D eigenvalue weighted by Crippen LogP contribution is -2.16. The molecule has 0 amide bonds. The van der Waals surface area contributed by atoms with Crippen molar-refractivity contribution >= 4 is 31.9 Å². The van der Waals surface area contributed by atoms with E-state index in [4.69, 9.17) is 8.37 Å². The number of hydrogen-bond donors (Lipinski definition) is 0. The van der Waals surface area contributed by atoms with Crippen molar-refractivity contribution < 1.29 is 16.8 Å². The van der Waals surface area contributed by atoms with Crippen LogP contribution in [0.15, 0.2) is 84.9 Å². The molecule has 0 bridgehead atoms. The molecule has 0 atom stereocenters. The Morgan fingerprint density at radius 2 is 0.920 bits per heavy atom. The average Bonchev–Trinajstić information content (AvgIpc) is 2.62. The number of benzene rings is 4. The molecule has 0 saturated heterocycles. The molecular formula is C20H14O4S. The second-order valence-electron chi connectivity index (χ2n) is 5.53. The first-order chi connectivity index (χ1) is 12.1. The van der Waals surface area contributed by atoms with E-state index in [2.05, 4.69) is 0 Å². The van der Waals surface area contributed by atoms with Gasteiger partial charge >= 0.3 is 10.4 Å². The van der Waals surface area contributed by atoms with Crippen molar-refractivity contribution in [1.29, 1.82) is 0 Å². The first-order valence-corrected chi connectivity index (χ1v) is 9.05. The first-order valence-electron chi connectivity index (χ1n) is 7.72. The summed E-state index contributed by atoms with van der Waals surface area (Å²) >= 11 is 0. The van der Waals surface area contributed by atoms with Crippen molar-refractivity contribution in [2.24, 2.45) is 0 Å². The summed E-state index contributed by atoms with van der Waals surface area (Å²) in [6.07, 6.45) is 0. The quantitative estimate of drug-likeness (QED) is 0.535. The van der Waals surface area contributed by atoms with E-state index in [0.717, 1.165) is 10.8 Å². The van der Waals surface area contributed by atoms with Gasteiger partial charge in [0.25, 0.3) is 0 Å². The molecule has 4 aromatic rings. The van der Waals surface area contributed by atoms with Gasteiger partial charge < -0.3 is 8.37 Å². The summed E-state index contributed by atoms with van der Waals surface area (Å²) in [5, 5.41) is 3.19.